The molecule has 0 aliphatic carbocycles. The monoisotopic (exact) mass is 272 g/mol. The lowest BCUT2D eigenvalue weighted by Crippen LogP contribution is -2.45. The van der Waals surface area contributed by atoms with Crippen molar-refractivity contribution in [3.8, 4) is 0 Å². The molecule has 1 saturated heterocycles. The Morgan fingerprint density at radius 3 is 1.58 bits per heavy atom. The maximum Gasteiger partial charge on any atom is 0.228 e. The topological polar surface area (TPSA) is 72.6 Å². The molecule has 0 saturated carbocycles. The van der Waals surface area contributed by atoms with Crippen molar-refractivity contribution in [2.45, 2.75) is 41.5 Å². The van der Waals surface area contributed by atoms with E-state index in [1.165, 1.54) is 0 Å². The number of carbonyl (C=O) groups excluding carboxylic acids is 2. The van der Waals surface area contributed by atoms with Gasteiger partial charge >= 0.3 is 0 Å². The van der Waals surface area contributed by atoms with Crippen LogP contribution in [0.4, 0.5) is 0 Å². The van der Waals surface area contributed by atoms with Gasteiger partial charge < -0.3 is 15.4 Å². The van der Waals surface area contributed by atoms with Crippen molar-refractivity contribution in [2.75, 3.05) is 26.3 Å². The van der Waals surface area contributed by atoms with Crippen LogP contribution in [0.1, 0.15) is 41.5 Å². The van der Waals surface area contributed by atoms with E-state index in [0.29, 0.717) is 13.2 Å². The fourth-order valence-electron chi connectivity index (χ4n) is 1.24. The molecule has 1 heterocycles. The number of hydrogen-bond acceptors (Lipinski definition) is 3. The predicted octanol–water partition coefficient (Wildman–Crippen LogP) is 1.41. The molecule has 1 rings (SSSR count). The molecular formula is C14H28N2O3. The molecule has 19 heavy (non-hydrogen) atoms. The standard InChI is InChI=1S/C9H17NO2.C5H11NO/c1-9(2,3)8(11)10-4-6-12-7-5-10;1-5(2,3)4(6)7/h4-7H2,1-3H3;1-3H3,(H2,6,7). The maximum atomic E-state index is 11.7. The molecule has 0 unspecified atom stereocenters. The number of hydrogen-bond donors (Lipinski definition) is 1. The highest BCUT2D eigenvalue weighted by Gasteiger charge is 2.27. The number of morpholine rings is 1. The second-order valence-corrected chi connectivity index (χ2v) is 6.77. The van der Waals surface area contributed by atoms with Crippen LogP contribution >= 0.6 is 0 Å². The van der Waals surface area contributed by atoms with Crippen LogP contribution in [0.5, 0.6) is 0 Å². The van der Waals surface area contributed by atoms with Gasteiger partial charge in [0.15, 0.2) is 0 Å². The van der Waals surface area contributed by atoms with E-state index in [1.807, 2.05) is 25.7 Å². The molecule has 0 bridgehead atoms. The van der Waals surface area contributed by atoms with Crippen LogP contribution in [0.15, 0.2) is 0 Å². The molecule has 5 heteroatoms. The van der Waals surface area contributed by atoms with E-state index < -0.39 is 0 Å². The minimum absolute atomic E-state index is 0.228. The van der Waals surface area contributed by atoms with Crippen LogP contribution in [-0.4, -0.2) is 43.0 Å². The zero-order valence-corrected chi connectivity index (χ0v) is 13.1. The normalized spacial score (nSPS) is 16.4. The molecule has 5 nitrogen and oxygen atoms in total. The first kappa shape index (κ1) is 17.9. The molecule has 0 radical (unpaired) electrons. The van der Waals surface area contributed by atoms with E-state index in [0.717, 1.165) is 13.1 Å². The zero-order valence-electron chi connectivity index (χ0n) is 13.1. The SMILES string of the molecule is CC(C)(C)C(=O)N1CCOCC1.CC(C)(C)C(N)=O. The molecule has 1 aliphatic rings. The highest BCUT2D eigenvalue weighted by Crippen LogP contribution is 2.17. The van der Waals surface area contributed by atoms with Crippen LogP contribution in [0.2, 0.25) is 0 Å². The molecule has 2 amide bonds. The summed E-state index contributed by atoms with van der Waals surface area (Å²) in [6, 6.07) is 0. The van der Waals surface area contributed by atoms with Gasteiger partial charge in [-0.2, -0.15) is 0 Å². The highest BCUT2D eigenvalue weighted by molar-refractivity contribution is 5.81. The van der Waals surface area contributed by atoms with Crippen molar-refractivity contribution in [3.05, 3.63) is 0 Å². The minimum atomic E-state index is -0.361. The van der Waals surface area contributed by atoms with Crippen LogP contribution in [0, 0.1) is 10.8 Å². The van der Waals surface area contributed by atoms with Gasteiger partial charge in [0.1, 0.15) is 0 Å². The third kappa shape index (κ3) is 7.15. The second kappa shape index (κ2) is 6.89. The van der Waals surface area contributed by atoms with E-state index in [4.69, 9.17) is 10.5 Å². The summed E-state index contributed by atoms with van der Waals surface area (Å²) in [5, 5.41) is 0. The number of carbonyl (C=O) groups is 2. The van der Waals surface area contributed by atoms with Gasteiger partial charge in [-0.15, -0.1) is 0 Å². The van der Waals surface area contributed by atoms with Gasteiger partial charge in [0.2, 0.25) is 11.8 Å². The Morgan fingerprint density at radius 2 is 1.32 bits per heavy atom. The van der Waals surface area contributed by atoms with Crippen LogP contribution < -0.4 is 5.73 Å². The van der Waals surface area contributed by atoms with Crippen LogP contribution in [0.25, 0.3) is 0 Å². The van der Waals surface area contributed by atoms with E-state index >= 15 is 0 Å². The minimum Gasteiger partial charge on any atom is -0.378 e. The van der Waals surface area contributed by atoms with Crippen LogP contribution in [0.3, 0.4) is 0 Å². The Morgan fingerprint density at radius 1 is 0.947 bits per heavy atom. The number of primary amides is 1. The number of amides is 2. The van der Waals surface area contributed by atoms with E-state index in [2.05, 4.69) is 0 Å². The average Bonchev–Trinajstić information content (AvgIpc) is 2.27. The smallest absolute Gasteiger partial charge is 0.228 e. The Balaban J connectivity index is 0.000000399. The van der Waals surface area contributed by atoms with Crippen molar-refractivity contribution in [3.63, 3.8) is 0 Å². The van der Waals surface area contributed by atoms with E-state index in [9.17, 15) is 9.59 Å². The second-order valence-electron chi connectivity index (χ2n) is 6.77. The van der Waals surface area contributed by atoms with Gasteiger partial charge in [0.25, 0.3) is 0 Å². The summed E-state index contributed by atoms with van der Waals surface area (Å²) in [5.41, 5.74) is 4.32. The van der Waals surface area contributed by atoms with Crippen LogP contribution in [-0.2, 0) is 14.3 Å². The Kier molecular flexibility index (Phi) is 6.49. The lowest BCUT2D eigenvalue weighted by molar-refractivity contribution is -0.143. The Bertz CT molecular complexity index is 308. The molecule has 112 valence electrons. The third-order valence-corrected chi connectivity index (χ3v) is 2.68. The molecule has 2 N–H and O–H groups in total. The largest absolute Gasteiger partial charge is 0.378 e. The molecule has 0 aromatic rings. The highest BCUT2D eigenvalue weighted by atomic mass is 16.5. The Labute approximate surface area is 116 Å². The van der Waals surface area contributed by atoms with E-state index in [1.54, 1.807) is 20.8 Å². The predicted molar refractivity (Wildman–Crippen MR) is 75.5 cm³/mol. The molecule has 0 aromatic heterocycles. The van der Waals surface area contributed by atoms with Crippen molar-refractivity contribution >= 4 is 11.8 Å². The van der Waals surface area contributed by atoms with E-state index in [-0.39, 0.29) is 22.6 Å². The summed E-state index contributed by atoms with van der Waals surface area (Å²) in [4.78, 5) is 23.8. The maximum absolute atomic E-state index is 11.7. The number of nitrogens with two attached hydrogens (primary N) is 1. The molecule has 0 aromatic carbocycles. The van der Waals surface area contributed by atoms with Gasteiger partial charge in [-0.25, -0.2) is 0 Å². The summed E-state index contributed by atoms with van der Waals surface area (Å²) in [6.45, 7) is 14.1. The van der Waals surface area contributed by atoms with Gasteiger partial charge in [-0.05, 0) is 0 Å². The quantitative estimate of drug-likeness (QED) is 0.724. The van der Waals surface area contributed by atoms with Crippen molar-refractivity contribution in [1.82, 2.24) is 4.90 Å². The zero-order chi connectivity index (χ0) is 15.3. The summed E-state index contributed by atoms with van der Waals surface area (Å²) >= 11 is 0. The summed E-state index contributed by atoms with van der Waals surface area (Å²) < 4.78 is 5.17. The lowest BCUT2D eigenvalue weighted by atomic mass is 9.94. The Hall–Kier alpha value is -1.10. The molecule has 0 atom stereocenters. The number of nitrogens with zero attached hydrogens (tertiary/aromatic N) is 1. The summed E-state index contributed by atoms with van der Waals surface area (Å²) in [5.74, 6) is -0.0294. The first-order chi connectivity index (χ1) is 8.46. The summed E-state index contributed by atoms with van der Waals surface area (Å²) in [6.07, 6.45) is 0. The first-order valence-corrected chi connectivity index (χ1v) is 6.63. The van der Waals surface area contributed by atoms with Gasteiger partial charge in [-0.1, -0.05) is 41.5 Å². The molecular weight excluding hydrogens is 244 g/mol. The van der Waals surface area contributed by atoms with Gasteiger partial charge in [0, 0.05) is 23.9 Å². The fraction of sp³-hybridized carbons (Fsp3) is 0.857. The molecule has 1 fully saturated rings. The molecule has 0 spiro atoms. The van der Waals surface area contributed by atoms with Crippen molar-refractivity contribution in [2.24, 2.45) is 16.6 Å². The third-order valence-electron chi connectivity index (χ3n) is 2.68. The van der Waals surface area contributed by atoms with Gasteiger partial charge in [-0.3, -0.25) is 9.59 Å². The number of rotatable bonds is 0. The average molecular weight is 272 g/mol. The van der Waals surface area contributed by atoms with Crippen molar-refractivity contribution < 1.29 is 14.3 Å². The first-order valence-electron chi connectivity index (χ1n) is 6.63. The van der Waals surface area contributed by atoms with Crippen molar-refractivity contribution in [1.29, 1.82) is 0 Å². The number of ether oxygens (including phenoxy) is 1. The lowest BCUT2D eigenvalue weighted by Gasteiger charge is -2.32. The summed E-state index contributed by atoms with van der Waals surface area (Å²) in [7, 11) is 0. The molecule has 1 aliphatic heterocycles. The van der Waals surface area contributed by atoms with Gasteiger partial charge in [0.05, 0.1) is 13.2 Å². The fourth-order valence-corrected chi connectivity index (χ4v) is 1.24.